The van der Waals surface area contributed by atoms with Gasteiger partial charge in [-0.3, -0.25) is 4.55 Å². The molecule has 0 atom stereocenters. The van der Waals surface area contributed by atoms with Crippen molar-refractivity contribution in [2.24, 2.45) is 0 Å². The Bertz CT molecular complexity index is 525. The average molecular weight is 301 g/mol. The number of ether oxygens (including phenoxy) is 2. The van der Waals surface area contributed by atoms with Crippen LogP contribution >= 0.6 is 0 Å². The van der Waals surface area contributed by atoms with E-state index in [0.717, 1.165) is 19.6 Å². The third-order valence-corrected chi connectivity index (χ3v) is 4.01. The van der Waals surface area contributed by atoms with E-state index < -0.39 is 10.1 Å². The summed E-state index contributed by atoms with van der Waals surface area (Å²) < 4.78 is 41.5. The lowest BCUT2D eigenvalue weighted by molar-refractivity contribution is 0.00734. The lowest BCUT2D eigenvalue weighted by Gasteiger charge is -2.14. The molecule has 0 saturated carbocycles. The summed E-state index contributed by atoms with van der Waals surface area (Å²) in [5, 5.41) is 0. The lowest BCUT2D eigenvalue weighted by atomic mass is 10.3. The Morgan fingerprint density at radius 3 is 2.70 bits per heavy atom. The highest BCUT2D eigenvalue weighted by Gasteiger charge is 2.11. The van der Waals surface area contributed by atoms with Crippen molar-refractivity contribution in [3.8, 4) is 5.75 Å². The van der Waals surface area contributed by atoms with Crippen LogP contribution in [0.2, 0.25) is 0 Å². The van der Waals surface area contributed by atoms with E-state index >= 15 is 0 Å². The maximum absolute atomic E-state index is 11.0. The van der Waals surface area contributed by atoms with Crippen LogP contribution in [0, 0.1) is 0 Å². The number of hydrogen-bond acceptors (Lipinski definition) is 5. The minimum Gasteiger partial charge on any atom is -0.468 e. The predicted octanol–water partition coefficient (Wildman–Crippen LogP) is 1.38. The van der Waals surface area contributed by atoms with Crippen LogP contribution in [-0.4, -0.2) is 50.9 Å². The molecule has 1 heterocycles. The van der Waals surface area contributed by atoms with Gasteiger partial charge in [-0.2, -0.15) is 8.42 Å². The number of likely N-dealkylation sites (tertiary alicyclic amines) is 1. The van der Waals surface area contributed by atoms with Crippen LogP contribution in [0.3, 0.4) is 0 Å². The Hall–Kier alpha value is -1.15. The highest BCUT2D eigenvalue weighted by molar-refractivity contribution is 7.85. The molecular weight excluding hydrogens is 282 g/mol. The minimum absolute atomic E-state index is 0.0583. The second kappa shape index (κ2) is 7.03. The van der Waals surface area contributed by atoms with Crippen molar-refractivity contribution in [2.45, 2.75) is 17.7 Å². The van der Waals surface area contributed by atoms with Gasteiger partial charge in [0.2, 0.25) is 0 Å². The first-order valence-corrected chi connectivity index (χ1v) is 8.00. The third-order valence-electron chi connectivity index (χ3n) is 3.16. The molecule has 7 heteroatoms. The predicted molar refractivity (Wildman–Crippen MR) is 73.4 cm³/mol. The third kappa shape index (κ3) is 4.75. The summed E-state index contributed by atoms with van der Waals surface area (Å²) in [7, 11) is -4.20. The maximum Gasteiger partial charge on any atom is 0.294 e. The van der Waals surface area contributed by atoms with E-state index in [2.05, 4.69) is 4.90 Å². The van der Waals surface area contributed by atoms with E-state index in [4.69, 9.17) is 14.0 Å². The van der Waals surface area contributed by atoms with Crippen LogP contribution in [0.15, 0.2) is 29.2 Å². The SMILES string of the molecule is O=S(=O)(O)c1cccc(OCOCCN2CCCC2)c1. The molecular formula is C13H19NO5S. The molecule has 0 aliphatic carbocycles. The van der Waals surface area contributed by atoms with Gasteiger partial charge in [0, 0.05) is 12.6 Å². The monoisotopic (exact) mass is 301 g/mol. The summed E-state index contributed by atoms with van der Waals surface area (Å²) >= 11 is 0. The van der Waals surface area contributed by atoms with Crippen LogP contribution < -0.4 is 4.74 Å². The molecule has 0 unspecified atom stereocenters. The zero-order valence-corrected chi connectivity index (χ0v) is 12.0. The van der Waals surface area contributed by atoms with Gasteiger partial charge in [0.05, 0.1) is 11.5 Å². The van der Waals surface area contributed by atoms with Crippen LogP contribution in [0.5, 0.6) is 5.75 Å². The summed E-state index contributed by atoms with van der Waals surface area (Å²) in [5.74, 6) is 0.348. The van der Waals surface area contributed by atoms with Crippen LogP contribution in [0.1, 0.15) is 12.8 Å². The molecule has 1 N–H and O–H groups in total. The first kappa shape index (κ1) is 15.2. The minimum atomic E-state index is -4.20. The van der Waals surface area contributed by atoms with Crippen LogP contribution in [0.4, 0.5) is 0 Å². The molecule has 0 amide bonds. The molecule has 1 fully saturated rings. The fourth-order valence-electron chi connectivity index (χ4n) is 2.09. The molecule has 1 aliphatic rings. The first-order valence-electron chi connectivity index (χ1n) is 6.56. The van der Waals surface area contributed by atoms with E-state index in [-0.39, 0.29) is 11.7 Å². The molecule has 1 saturated heterocycles. The van der Waals surface area contributed by atoms with Crippen molar-refractivity contribution in [3.05, 3.63) is 24.3 Å². The quantitative estimate of drug-likeness (QED) is 0.466. The maximum atomic E-state index is 11.0. The Balaban J connectivity index is 1.71. The lowest BCUT2D eigenvalue weighted by Crippen LogP contribution is -2.24. The summed E-state index contributed by atoms with van der Waals surface area (Å²) in [6, 6.07) is 5.68. The number of benzene rings is 1. The molecule has 0 aromatic heterocycles. The van der Waals surface area contributed by atoms with Gasteiger partial charge in [-0.15, -0.1) is 0 Å². The van der Waals surface area contributed by atoms with Gasteiger partial charge >= 0.3 is 0 Å². The van der Waals surface area contributed by atoms with E-state index in [9.17, 15) is 8.42 Å². The molecule has 20 heavy (non-hydrogen) atoms. The van der Waals surface area contributed by atoms with Gasteiger partial charge in [-0.05, 0) is 38.1 Å². The number of rotatable bonds is 7. The van der Waals surface area contributed by atoms with Gasteiger partial charge in [0.25, 0.3) is 10.1 Å². The summed E-state index contributed by atoms with van der Waals surface area (Å²) in [4.78, 5) is 2.14. The normalized spacial score (nSPS) is 16.4. The Kier molecular flexibility index (Phi) is 5.36. The van der Waals surface area contributed by atoms with E-state index in [1.54, 1.807) is 6.07 Å². The zero-order valence-electron chi connectivity index (χ0n) is 11.2. The second-order valence-electron chi connectivity index (χ2n) is 4.67. The highest BCUT2D eigenvalue weighted by atomic mass is 32.2. The van der Waals surface area contributed by atoms with Gasteiger partial charge < -0.3 is 14.4 Å². The smallest absolute Gasteiger partial charge is 0.294 e. The van der Waals surface area contributed by atoms with Gasteiger partial charge in [0.1, 0.15) is 5.75 Å². The van der Waals surface area contributed by atoms with Crippen LogP contribution in [0.25, 0.3) is 0 Å². The van der Waals surface area contributed by atoms with Crippen molar-refractivity contribution in [3.63, 3.8) is 0 Å². The summed E-state index contributed by atoms with van der Waals surface area (Å²) in [6.07, 6.45) is 2.50. The van der Waals surface area contributed by atoms with Crippen molar-refractivity contribution in [1.82, 2.24) is 4.90 Å². The van der Waals surface area contributed by atoms with Crippen molar-refractivity contribution in [2.75, 3.05) is 33.0 Å². The Morgan fingerprint density at radius 1 is 1.25 bits per heavy atom. The fourth-order valence-corrected chi connectivity index (χ4v) is 2.61. The highest BCUT2D eigenvalue weighted by Crippen LogP contribution is 2.17. The molecule has 0 spiro atoms. The first-order chi connectivity index (χ1) is 9.55. The molecule has 1 aliphatic heterocycles. The number of nitrogens with zero attached hydrogens (tertiary/aromatic N) is 1. The average Bonchev–Trinajstić information content (AvgIpc) is 2.91. The van der Waals surface area contributed by atoms with Gasteiger partial charge in [-0.1, -0.05) is 6.07 Å². The van der Waals surface area contributed by atoms with Gasteiger partial charge in [-0.25, -0.2) is 0 Å². The molecule has 1 aromatic carbocycles. The molecule has 1 aromatic rings. The second-order valence-corrected chi connectivity index (χ2v) is 6.09. The summed E-state index contributed by atoms with van der Waals surface area (Å²) in [6.45, 7) is 3.77. The van der Waals surface area contributed by atoms with E-state index in [1.165, 1.54) is 31.0 Å². The Morgan fingerprint density at radius 2 is 2.00 bits per heavy atom. The van der Waals surface area contributed by atoms with E-state index in [1.807, 2.05) is 0 Å². The summed E-state index contributed by atoms with van der Waals surface area (Å²) in [5.41, 5.74) is 0. The molecule has 0 bridgehead atoms. The largest absolute Gasteiger partial charge is 0.468 e. The molecule has 2 rings (SSSR count). The molecule has 0 radical (unpaired) electrons. The van der Waals surface area contributed by atoms with Crippen LogP contribution in [-0.2, 0) is 14.9 Å². The number of hydrogen-bond donors (Lipinski definition) is 1. The van der Waals surface area contributed by atoms with Gasteiger partial charge in [0.15, 0.2) is 6.79 Å². The van der Waals surface area contributed by atoms with E-state index in [0.29, 0.717) is 12.4 Å². The van der Waals surface area contributed by atoms with Crippen molar-refractivity contribution in [1.29, 1.82) is 0 Å². The fraction of sp³-hybridized carbons (Fsp3) is 0.538. The zero-order chi connectivity index (χ0) is 14.4. The molecule has 112 valence electrons. The van der Waals surface area contributed by atoms with Crippen molar-refractivity contribution < 1.29 is 22.4 Å². The standard InChI is InChI=1S/C13H19NO5S/c15-20(16,17)13-5-3-4-12(10-13)19-11-18-9-8-14-6-1-2-7-14/h3-5,10H,1-2,6-9,11H2,(H,15,16,17). The topological polar surface area (TPSA) is 76.1 Å². The molecule has 6 nitrogen and oxygen atoms in total. The van der Waals surface area contributed by atoms with Crippen molar-refractivity contribution >= 4 is 10.1 Å². The Labute approximate surface area is 119 Å².